The van der Waals surface area contributed by atoms with Crippen molar-refractivity contribution in [1.82, 2.24) is 4.98 Å². The highest BCUT2D eigenvalue weighted by Gasteiger charge is 2.30. The fourth-order valence-electron chi connectivity index (χ4n) is 3.63. The van der Waals surface area contributed by atoms with E-state index in [0.717, 1.165) is 35.3 Å². The molecule has 5 nitrogen and oxygen atoms in total. The van der Waals surface area contributed by atoms with Gasteiger partial charge >= 0.3 is 0 Å². The van der Waals surface area contributed by atoms with Crippen LogP contribution in [0.25, 0.3) is 11.3 Å². The molecule has 0 bridgehead atoms. The Balaban J connectivity index is 1.63. The minimum absolute atomic E-state index is 0.131. The SMILES string of the molecule is COc1ccc(-c2csc(C(C#N)C(=O)c3scc4c3CCCC4)n2)cc1OC. The Labute approximate surface area is 177 Å². The Kier molecular flexibility index (Phi) is 5.65. The topological polar surface area (TPSA) is 72.2 Å². The van der Waals surface area contributed by atoms with Crippen LogP contribution in [0.15, 0.2) is 29.0 Å². The van der Waals surface area contributed by atoms with Crippen LogP contribution >= 0.6 is 22.7 Å². The van der Waals surface area contributed by atoms with Crippen LogP contribution in [-0.2, 0) is 12.8 Å². The van der Waals surface area contributed by atoms with Gasteiger partial charge in [-0.3, -0.25) is 4.79 Å². The molecule has 29 heavy (non-hydrogen) atoms. The van der Waals surface area contributed by atoms with Gasteiger partial charge in [-0.1, -0.05) is 0 Å². The molecular formula is C22H20N2O3S2. The molecule has 4 rings (SSSR count). The average molecular weight is 425 g/mol. The molecule has 1 unspecified atom stereocenters. The van der Waals surface area contributed by atoms with Crippen molar-refractivity contribution in [3.05, 3.63) is 50.0 Å². The van der Waals surface area contributed by atoms with Crippen LogP contribution in [0, 0.1) is 11.3 Å². The van der Waals surface area contributed by atoms with Gasteiger partial charge in [0.2, 0.25) is 0 Å². The predicted molar refractivity (Wildman–Crippen MR) is 114 cm³/mol. The van der Waals surface area contributed by atoms with Crippen molar-refractivity contribution in [1.29, 1.82) is 5.26 Å². The van der Waals surface area contributed by atoms with Gasteiger partial charge in [-0.05, 0) is 60.4 Å². The zero-order valence-electron chi connectivity index (χ0n) is 16.2. The molecule has 7 heteroatoms. The first-order chi connectivity index (χ1) is 14.2. The van der Waals surface area contributed by atoms with E-state index >= 15 is 0 Å². The van der Waals surface area contributed by atoms with Crippen LogP contribution < -0.4 is 9.47 Å². The van der Waals surface area contributed by atoms with Crippen molar-refractivity contribution >= 4 is 28.5 Å². The first-order valence-electron chi connectivity index (χ1n) is 9.37. The highest BCUT2D eigenvalue weighted by molar-refractivity contribution is 7.13. The van der Waals surface area contributed by atoms with Crippen molar-refractivity contribution < 1.29 is 14.3 Å². The van der Waals surface area contributed by atoms with Crippen molar-refractivity contribution in [3.63, 3.8) is 0 Å². The minimum Gasteiger partial charge on any atom is -0.493 e. The molecule has 0 spiro atoms. The lowest BCUT2D eigenvalue weighted by atomic mass is 9.91. The van der Waals surface area contributed by atoms with Gasteiger partial charge in [0.1, 0.15) is 5.01 Å². The van der Waals surface area contributed by atoms with Crippen molar-refractivity contribution in [2.45, 2.75) is 31.6 Å². The molecule has 0 fully saturated rings. The number of fused-ring (bicyclic) bond motifs is 1. The Morgan fingerprint density at radius 3 is 2.69 bits per heavy atom. The largest absolute Gasteiger partial charge is 0.493 e. The summed E-state index contributed by atoms with van der Waals surface area (Å²) in [6, 6.07) is 7.73. The molecule has 0 saturated heterocycles. The number of carbonyl (C=O) groups excluding carboxylic acids is 1. The number of hydrogen-bond acceptors (Lipinski definition) is 7. The molecule has 0 aliphatic heterocycles. The van der Waals surface area contributed by atoms with Crippen LogP contribution in [0.1, 0.15) is 44.6 Å². The number of thiazole rings is 1. The maximum Gasteiger partial charge on any atom is 0.197 e. The van der Waals surface area contributed by atoms with Gasteiger partial charge in [0.05, 0.1) is 30.9 Å². The summed E-state index contributed by atoms with van der Waals surface area (Å²) in [5, 5.41) is 14.2. The summed E-state index contributed by atoms with van der Waals surface area (Å²) in [4.78, 5) is 18.5. The lowest BCUT2D eigenvalue weighted by Crippen LogP contribution is -2.13. The highest BCUT2D eigenvalue weighted by Crippen LogP contribution is 2.36. The number of methoxy groups -OCH3 is 2. The molecule has 0 saturated carbocycles. The van der Waals surface area contributed by atoms with Crippen LogP contribution in [0.3, 0.4) is 0 Å². The van der Waals surface area contributed by atoms with E-state index < -0.39 is 5.92 Å². The van der Waals surface area contributed by atoms with Gasteiger partial charge in [0.15, 0.2) is 23.2 Å². The number of nitrogens with zero attached hydrogens (tertiary/aromatic N) is 2. The van der Waals surface area contributed by atoms with Gasteiger partial charge in [-0.25, -0.2) is 4.98 Å². The standard InChI is InChI=1S/C22H20N2O3S2/c1-26-18-8-7-13(9-19(18)27-2)17-12-29-22(24-17)16(10-23)20(25)21-15-6-4-3-5-14(15)11-28-21/h7-9,11-12,16H,3-6H2,1-2H3. The summed E-state index contributed by atoms with van der Waals surface area (Å²) in [6.45, 7) is 0. The van der Waals surface area contributed by atoms with Gasteiger partial charge in [0.25, 0.3) is 0 Å². The molecule has 1 aliphatic rings. The number of hydrogen-bond donors (Lipinski definition) is 0. The zero-order chi connectivity index (χ0) is 20.4. The van der Waals surface area contributed by atoms with Crippen molar-refractivity contribution in [3.8, 4) is 28.8 Å². The molecule has 2 aromatic heterocycles. The van der Waals surface area contributed by atoms with Crippen molar-refractivity contribution in [2.75, 3.05) is 14.2 Å². The van der Waals surface area contributed by atoms with E-state index in [9.17, 15) is 10.1 Å². The quantitative estimate of drug-likeness (QED) is 0.505. The third-order valence-electron chi connectivity index (χ3n) is 5.17. The van der Waals surface area contributed by atoms with Crippen LogP contribution in [0.5, 0.6) is 11.5 Å². The van der Waals surface area contributed by atoms with E-state index in [2.05, 4.69) is 16.4 Å². The third-order valence-corrected chi connectivity index (χ3v) is 7.16. The number of aryl methyl sites for hydroxylation is 1. The molecule has 1 aromatic carbocycles. The molecule has 1 atom stereocenters. The zero-order valence-corrected chi connectivity index (χ0v) is 17.9. The first kappa shape index (κ1) is 19.6. The van der Waals surface area contributed by atoms with Crippen LogP contribution in [0.4, 0.5) is 0 Å². The number of ether oxygens (including phenoxy) is 2. The molecule has 0 amide bonds. The second-order valence-corrected chi connectivity index (χ2v) is 8.61. The van der Waals surface area contributed by atoms with E-state index in [1.54, 1.807) is 14.2 Å². The number of carbonyl (C=O) groups is 1. The maximum atomic E-state index is 13.2. The first-order valence-corrected chi connectivity index (χ1v) is 11.1. The molecular weight excluding hydrogens is 404 g/mol. The van der Waals surface area contributed by atoms with Crippen molar-refractivity contribution in [2.24, 2.45) is 0 Å². The smallest absolute Gasteiger partial charge is 0.197 e. The van der Waals surface area contributed by atoms with E-state index in [0.29, 0.717) is 22.2 Å². The van der Waals surface area contributed by atoms with Crippen LogP contribution in [-0.4, -0.2) is 25.0 Å². The molecule has 2 heterocycles. The number of nitriles is 1. The normalized spacial score (nSPS) is 14.0. The lowest BCUT2D eigenvalue weighted by Gasteiger charge is -2.13. The lowest BCUT2D eigenvalue weighted by molar-refractivity contribution is 0.0981. The summed E-state index contributed by atoms with van der Waals surface area (Å²) < 4.78 is 10.6. The Hall–Kier alpha value is -2.69. The Morgan fingerprint density at radius 1 is 1.14 bits per heavy atom. The van der Waals surface area contributed by atoms with Gasteiger partial charge in [-0.2, -0.15) is 5.26 Å². The number of aromatic nitrogens is 1. The maximum absolute atomic E-state index is 13.2. The summed E-state index contributed by atoms with van der Waals surface area (Å²) in [6.07, 6.45) is 4.21. The van der Waals surface area contributed by atoms with Gasteiger partial charge < -0.3 is 9.47 Å². The summed E-state index contributed by atoms with van der Waals surface area (Å²) in [5.74, 6) is 0.240. The van der Waals surface area contributed by atoms with E-state index in [-0.39, 0.29) is 5.78 Å². The Bertz CT molecular complexity index is 1090. The number of rotatable bonds is 6. The number of thiophene rings is 1. The summed E-state index contributed by atoms with van der Waals surface area (Å²) in [7, 11) is 3.17. The average Bonchev–Trinajstić information content (AvgIpc) is 3.41. The number of benzene rings is 1. The van der Waals surface area contributed by atoms with E-state index in [1.165, 1.54) is 34.7 Å². The van der Waals surface area contributed by atoms with Crippen LogP contribution in [0.2, 0.25) is 0 Å². The summed E-state index contributed by atoms with van der Waals surface area (Å²) in [5.41, 5.74) is 3.98. The fourth-order valence-corrected chi connectivity index (χ4v) is 5.63. The molecule has 0 radical (unpaired) electrons. The van der Waals surface area contributed by atoms with E-state index in [1.807, 2.05) is 23.6 Å². The predicted octanol–water partition coefficient (Wildman–Crippen LogP) is 5.26. The highest BCUT2D eigenvalue weighted by atomic mass is 32.1. The molecule has 1 aliphatic carbocycles. The third kappa shape index (κ3) is 3.66. The second-order valence-electron chi connectivity index (χ2n) is 6.84. The summed E-state index contributed by atoms with van der Waals surface area (Å²) >= 11 is 2.81. The minimum atomic E-state index is -0.876. The number of ketones is 1. The monoisotopic (exact) mass is 424 g/mol. The second kappa shape index (κ2) is 8.36. The molecule has 3 aromatic rings. The van der Waals surface area contributed by atoms with Gasteiger partial charge in [0, 0.05) is 10.9 Å². The fraction of sp³-hybridized carbons (Fsp3) is 0.318. The molecule has 148 valence electrons. The molecule has 0 N–H and O–H groups in total. The van der Waals surface area contributed by atoms with E-state index in [4.69, 9.17) is 9.47 Å². The van der Waals surface area contributed by atoms with Gasteiger partial charge in [-0.15, -0.1) is 22.7 Å². The Morgan fingerprint density at radius 2 is 1.93 bits per heavy atom. The number of Topliss-reactive ketones (excluding diaryl/α,β-unsaturated/α-hetero) is 1.